The first-order valence-electron chi connectivity index (χ1n) is 11.2. The van der Waals surface area contributed by atoms with E-state index in [1.54, 1.807) is 26.4 Å². The summed E-state index contributed by atoms with van der Waals surface area (Å²) >= 11 is 0. The molecule has 1 saturated heterocycles. The molecule has 10 nitrogen and oxygen atoms in total. The smallest absolute Gasteiger partial charge is 0.344 e. The van der Waals surface area contributed by atoms with Crippen LogP contribution in [0.1, 0.15) is 40.6 Å². The molecule has 35 heavy (non-hydrogen) atoms. The minimum absolute atomic E-state index is 0.185. The number of nitrogens with one attached hydrogen (secondary N) is 1. The lowest BCUT2D eigenvalue weighted by atomic mass is 10.0. The van der Waals surface area contributed by atoms with E-state index in [1.165, 1.54) is 19.1 Å². The van der Waals surface area contributed by atoms with E-state index in [4.69, 9.17) is 23.7 Å². The van der Waals surface area contributed by atoms with Gasteiger partial charge in [-0.15, -0.1) is 0 Å². The third kappa shape index (κ3) is 4.43. The summed E-state index contributed by atoms with van der Waals surface area (Å²) in [6, 6.07) is 8.10. The molecule has 2 heterocycles. The lowest BCUT2D eigenvalue weighted by Crippen LogP contribution is -2.46. The van der Waals surface area contributed by atoms with E-state index < -0.39 is 18.2 Å². The van der Waals surface area contributed by atoms with Gasteiger partial charge in [0.15, 0.2) is 23.0 Å². The second kappa shape index (κ2) is 10.1. The van der Waals surface area contributed by atoms with Gasteiger partial charge in [-0.25, -0.2) is 4.79 Å². The molecule has 2 atom stereocenters. The first kappa shape index (κ1) is 24.2. The van der Waals surface area contributed by atoms with Gasteiger partial charge in [0.25, 0.3) is 0 Å². The number of cyclic esters (lactones) is 1. The quantitative estimate of drug-likeness (QED) is 0.540. The van der Waals surface area contributed by atoms with Crippen LogP contribution in [0.2, 0.25) is 0 Å². The summed E-state index contributed by atoms with van der Waals surface area (Å²) in [7, 11) is 6.02. The predicted octanol–water partition coefficient (Wildman–Crippen LogP) is 2.24. The Kier molecular flexibility index (Phi) is 6.99. The van der Waals surface area contributed by atoms with Crippen molar-refractivity contribution in [2.45, 2.75) is 31.5 Å². The fraction of sp³-hybridized carbons (Fsp3) is 0.400. The first-order valence-corrected chi connectivity index (χ1v) is 11.2. The second-order valence-electron chi connectivity index (χ2n) is 8.11. The summed E-state index contributed by atoms with van der Waals surface area (Å²) in [6.07, 6.45) is 0.0709. The van der Waals surface area contributed by atoms with Crippen molar-refractivity contribution in [1.29, 1.82) is 0 Å². The maximum Gasteiger partial charge on any atom is 0.344 e. The highest BCUT2D eigenvalue weighted by Crippen LogP contribution is 2.45. The molecule has 0 spiro atoms. The van der Waals surface area contributed by atoms with Crippen LogP contribution >= 0.6 is 0 Å². The molecule has 186 valence electrons. The summed E-state index contributed by atoms with van der Waals surface area (Å²) in [5.41, 5.74) is 1.62. The van der Waals surface area contributed by atoms with Crippen molar-refractivity contribution in [3.63, 3.8) is 0 Å². The Morgan fingerprint density at radius 2 is 1.71 bits per heavy atom. The van der Waals surface area contributed by atoms with Crippen molar-refractivity contribution in [3.8, 4) is 23.0 Å². The Morgan fingerprint density at radius 3 is 2.40 bits per heavy atom. The van der Waals surface area contributed by atoms with Crippen LogP contribution < -0.4 is 24.3 Å². The van der Waals surface area contributed by atoms with Gasteiger partial charge in [0.1, 0.15) is 11.6 Å². The van der Waals surface area contributed by atoms with Gasteiger partial charge in [-0.05, 0) is 42.7 Å². The number of amides is 2. The predicted molar refractivity (Wildman–Crippen MR) is 124 cm³/mol. The summed E-state index contributed by atoms with van der Waals surface area (Å²) < 4.78 is 26.8. The van der Waals surface area contributed by atoms with Crippen LogP contribution in [0, 0.1) is 0 Å². The standard InChI is InChI=1S/C25H28N2O8/c1-31-17-8-5-14(13-19(17)33-3)11-12-26-23(29)16-7-10-20(28)27(16)24-15-6-9-18(32-2)22(34-4)21(15)25(30)35-24/h5-6,8-9,13,16,24H,7,10-12H2,1-4H3,(H,26,29)/t16-,24+/m1/s1. The topological polar surface area (TPSA) is 113 Å². The average Bonchev–Trinajstić information content (AvgIpc) is 3.42. The van der Waals surface area contributed by atoms with E-state index in [0.717, 1.165) is 5.56 Å². The molecule has 1 N–H and O–H groups in total. The molecule has 4 rings (SSSR count). The molecule has 2 aromatic rings. The number of rotatable bonds is 9. The number of nitrogens with zero attached hydrogens (tertiary/aromatic N) is 1. The van der Waals surface area contributed by atoms with Gasteiger partial charge in [-0.2, -0.15) is 0 Å². The molecule has 0 aromatic heterocycles. The van der Waals surface area contributed by atoms with Crippen LogP contribution in [0.3, 0.4) is 0 Å². The third-order valence-electron chi connectivity index (χ3n) is 6.24. The van der Waals surface area contributed by atoms with Crippen molar-refractivity contribution < 1.29 is 38.1 Å². The fourth-order valence-electron chi connectivity index (χ4n) is 4.53. The van der Waals surface area contributed by atoms with E-state index >= 15 is 0 Å². The molecule has 2 aliphatic rings. The van der Waals surface area contributed by atoms with Crippen molar-refractivity contribution in [2.75, 3.05) is 35.0 Å². The lowest BCUT2D eigenvalue weighted by molar-refractivity contribution is -0.145. The number of carbonyl (C=O) groups excluding carboxylic acids is 3. The van der Waals surface area contributed by atoms with Crippen LogP contribution in [-0.2, 0) is 20.7 Å². The fourth-order valence-corrected chi connectivity index (χ4v) is 4.53. The minimum atomic E-state index is -1.01. The Labute approximate surface area is 203 Å². The number of methoxy groups -OCH3 is 4. The van der Waals surface area contributed by atoms with Crippen LogP contribution in [0.4, 0.5) is 0 Å². The number of carbonyl (C=O) groups is 3. The molecular weight excluding hydrogens is 456 g/mol. The molecular formula is C25H28N2O8. The van der Waals surface area contributed by atoms with Crippen LogP contribution in [0.15, 0.2) is 30.3 Å². The van der Waals surface area contributed by atoms with Gasteiger partial charge in [0, 0.05) is 18.5 Å². The van der Waals surface area contributed by atoms with Crippen molar-refractivity contribution in [2.24, 2.45) is 0 Å². The zero-order chi connectivity index (χ0) is 25.1. The lowest BCUT2D eigenvalue weighted by Gasteiger charge is -2.29. The van der Waals surface area contributed by atoms with Crippen molar-refractivity contribution in [3.05, 3.63) is 47.0 Å². The Balaban J connectivity index is 1.48. The monoisotopic (exact) mass is 484 g/mol. The molecule has 0 radical (unpaired) electrons. The average molecular weight is 485 g/mol. The molecule has 10 heteroatoms. The minimum Gasteiger partial charge on any atom is -0.493 e. The number of likely N-dealkylation sites (tertiary alicyclic amines) is 1. The molecule has 2 aliphatic heterocycles. The van der Waals surface area contributed by atoms with Crippen LogP contribution in [0.25, 0.3) is 0 Å². The van der Waals surface area contributed by atoms with Crippen molar-refractivity contribution in [1.82, 2.24) is 10.2 Å². The highest BCUT2D eigenvalue weighted by molar-refractivity contribution is 5.99. The van der Waals surface area contributed by atoms with E-state index in [0.29, 0.717) is 42.2 Å². The molecule has 0 unspecified atom stereocenters. The normalized spacial score (nSPS) is 18.7. The molecule has 2 amide bonds. The van der Waals surface area contributed by atoms with Crippen molar-refractivity contribution >= 4 is 17.8 Å². The van der Waals surface area contributed by atoms with Crippen LogP contribution in [-0.4, -0.2) is 63.7 Å². The summed E-state index contributed by atoms with van der Waals surface area (Å²) in [6.45, 7) is 0.360. The number of benzene rings is 2. The highest BCUT2D eigenvalue weighted by atomic mass is 16.6. The summed E-state index contributed by atoms with van der Waals surface area (Å²) in [4.78, 5) is 39.8. The zero-order valence-corrected chi connectivity index (χ0v) is 20.1. The number of hydrogen-bond acceptors (Lipinski definition) is 8. The zero-order valence-electron chi connectivity index (χ0n) is 20.1. The van der Waals surface area contributed by atoms with Gasteiger partial charge < -0.3 is 29.0 Å². The van der Waals surface area contributed by atoms with Crippen LogP contribution in [0.5, 0.6) is 23.0 Å². The third-order valence-corrected chi connectivity index (χ3v) is 6.24. The highest BCUT2D eigenvalue weighted by Gasteiger charge is 2.47. The van der Waals surface area contributed by atoms with Gasteiger partial charge in [-0.3, -0.25) is 14.5 Å². The Morgan fingerprint density at radius 1 is 1.00 bits per heavy atom. The first-order chi connectivity index (χ1) is 16.9. The van der Waals surface area contributed by atoms with E-state index in [1.807, 2.05) is 18.2 Å². The maximum atomic E-state index is 13.1. The maximum absolute atomic E-state index is 13.1. The molecule has 0 bridgehead atoms. The second-order valence-corrected chi connectivity index (χ2v) is 8.11. The molecule has 0 saturated carbocycles. The van der Waals surface area contributed by atoms with Gasteiger partial charge in [0.05, 0.1) is 28.4 Å². The molecule has 2 aromatic carbocycles. The summed E-state index contributed by atoms with van der Waals surface area (Å²) in [5.74, 6) is 0.652. The van der Waals surface area contributed by atoms with Gasteiger partial charge in [0.2, 0.25) is 18.0 Å². The van der Waals surface area contributed by atoms with E-state index in [2.05, 4.69) is 5.32 Å². The molecule has 0 aliphatic carbocycles. The summed E-state index contributed by atoms with van der Waals surface area (Å²) in [5, 5.41) is 2.90. The Bertz CT molecular complexity index is 1150. The van der Waals surface area contributed by atoms with Gasteiger partial charge in [-0.1, -0.05) is 6.07 Å². The molecule has 1 fully saturated rings. The number of hydrogen-bond donors (Lipinski definition) is 1. The number of esters is 1. The Hall–Kier alpha value is -3.95. The number of fused-ring (bicyclic) bond motifs is 1. The van der Waals surface area contributed by atoms with Gasteiger partial charge >= 0.3 is 5.97 Å². The number of ether oxygens (including phenoxy) is 5. The largest absolute Gasteiger partial charge is 0.493 e. The van der Waals surface area contributed by atoms with E-state index in [-0.39, 0.29) is 29.5 Å². The van der Waals surface area contributed by atoms with E-state index in [9.17, 15) is 14.4 Å². The SMILES string of the molecule is COc1ccc(CCNC(=O)[C@H]2CCC(=O)N2[C@H]2OC(=O)c3c2ccc(OC)c3OC)cc1OC.